The van der Waals surface area contributed by atoms with E-state index in [1.54, 1.807) is 10.7 Å². The van der Waals surface area contributed by atoms with Gasteiger partial charge in [-0.1, -0.05) is 11.6 Å². The first-order valence-corrected chi connectivity index (χ1v) is 12.7. The predicted octanol–water partition coefficient (Wildman–Crippen LogP) is 4.52. The van der Waals surface area contributed by atoms with Gasteiger partial charge in [0, 0.05) is 41.5 Å². The molecule has 0 saturated heterocycles. The van der Waals surface area contributed by atoms with Crippen molar-refractivity contribution in [1.82, 2.24) is 24.8 Å². The third kappa shape index (κ3) is 6.11. The Morgan fingerprint density at radius 1 is 1.18 bits per heavy atom. The van der Waals surface area contributed by atoms with Crippen LogP contribution in [0.2, 0.25) is 5.02 Å². The van der Waals surface area contributed by atoms with Crippen molar-refractivity contribution in [2.75, 3.05) is 19.4 Å². The SMILES string of the molecule is Cc1c(C(C)N(C)C)cnc2cc(C(=O)OC(=O)NC3CCC(C(=O)Nc4ccc(F)cc4Cl)CC3)nn12. The summed E-state index contributed by atoms with van der Waals surface area (Å²) in [4.78, 5) is 44.0. The summed E-state index contributed by atoms with van der Waals surface area (Å²) in [7, 11) is 3.92. The Morgan fingerprint density at radius 3 is 2.55 bits per heavy atom. The highest BCUT2D eigenvalue weighted by atomic mass is 35.5. The summed E-state index contributed by atoms with van der Waals surface area (Å²) in [5.74, 6) is -1.85. The average Bonchev–Trinajstić information content (AvgIpc) is 3.31. The monoisotopic (exact) mass is 544 g/mol. The lowest BCUT2D eigenvalue weighted by Gasteiger charge is -2.28. The lowest BCUT2D eigenvalue weighted by Crippen LogP contribution is -2.40. The second kappa shape index (κ2) is 11.4. The fourth-order valence-corrected chi connectivity index (χ4v) is 4.72. The van der Waals surface area contributed by atoms with E-state index in [4.69, 9.17) is 16.3 Å². The molecule has 1 aliphatic carbocycles. The minimum atomic E-state index is -0.876. The molecule has 0 aliphatic heterocycles. The van der Waals surface area contributed by atoms with Gasteiger partial charge >= 0.3 is 12.1 Å². The number of aromatic nitrogens is 3. The van der Waals surface area contributed by atoms with Crippen molar-refractivity contribution < 1.29 is 23.5 Å². The number of ether oxygens (including phenoxy) is 1. The fourth-order valence-electron chi connectivity index (χ4n) is 4.51. The van der Waals surface area contributed by atoms with Crippen LogP contribution < -0.4 is 10.6 Å². The van der Waals surface area contributed by atoms with Gasteiger partial charge in [-0.15, -0.1) is 0 Å². The van der Waals surface area contributed by atoms with E-state index < -0.39 is 17.9 Å². The van der Waals surface area contributed by atoms with E-state index in [1.807, 2.05) is 32.8 Å². The number of hydrogen-bond acceptors (Lipinski definition) is 7. The second-order valence-electron chi connectivity index (χ2n) is 9.72. The molecule has 0 radical (unpaired) electrons. The zero-order valence-electron chi connectivity index (χ0n) is 21.6. The number of hydrogen-bond donors (Lipinski definition) is 2. The van der Waals surface area contributed by atoms with Crippen LogP contribution in [0.25, 0.3) is 5.65 Å². The van der Waals surface area contributed by atoms with Crippen molar-refractivity contribution >= 4 is 40.9 Å². The van der Waals surface area contributed by atoms with Crippen LogP contribution in [-0.4, -0.2) is 57.6 Å². The smallest absolute Gasteiger partial charge is 0.371 e. The highest BCUT2D eigenvalue weighted by molar-refractivity contribution is 6.33. The van der Waals surface area contributed by atoms with Crippen molar-refractivity contribution in [3.63, 3.8) is 0 Å². The van der Waals surface area contributed by atoms with Crippen molar-refractivity contribution in [3.8, 4) is 0 Å². The maximum absolute atomic E-state index is 13.2. The summed E-state index contributed by atoms with van der Waals surface area (Å²) >= 11 is 5.99. The zero-order chi connectivity index (χ0) is 27.6. The first kappa shape index (κ1) is 27.5. The molecule has 1 unspecified atom stereocenters. The molecule has 0 bridgehead atoms. The molecule has 2 amide bonds. The standard InChI is InChI=1S/C26H30ClFN6O4/c1-14(33(3)4)19-13-29-23-12-22(32-34(23)15(19)2)25(36)38-26(37)30-18-8-5-16(6-9-18)24(35)31-21-10-7-17(28)11-20(21)27/h7,10-14,16,18H,5-6,8-9H2,1-4H3,(H,30,37)(H,31,35). The molecular formula is C26H30ClFN6O4. The molecule has 1 atom stereocenters. The number of fused-ring (bicyclic) bond motifs is 1. The Balaban J connectivity index is 1.29. The van der Waals surface area contributed by atoms with Gasteiger partial charge < -0.3 is 20.3 Å². The van der Waals surface area contributed by atoms with Crippen LogP contribution in [0.5, 0.6) is 0 Å². The van der Waals surface area contributed by atoms with Crippen molar-refractivity contribution in [2.24, 2.45) is 5.92 Å². The van der Waals surface area contributed by atoms with Crippen molar-refractivity contribution in [3.05, 3.63) is 58.3 Å². The largest absolute Gasteiger partial charge is 0.415 e. The van der Waals surface area contributed by atoms with E-state index in [-0.39, 0.29) is 34.6 Å². The van der Waals surface area contributed by atoms with E-state index >= 15 is 0 Å². The Hall–Kier alpha value is -3.57. The molecule has 4 rings (SSSR count). The van der Waals surface area contributed by atoms with E-state index in [0.29, 0.717) is 37.0 Å². The number of nitrogens with zero attached hydrogens (tertiary/aromatic N) is 4. The number of benzene rings is 1. The predicted molar refractivity (Wildman–Crippen MR) is 140 cm³/mol. The quantitative estimate of drug-likeness (QED) is 0.346. The third-order valence-electron chi connectivity index (χ3n) is 6.99. The lowest BCUT2D eigenvalue weighted by atomic mass is 9.85. The second-order valence-corrected chi connectivity index (χ2v) is 10.1. The third-order valence-corrected chi connectivity index (χ3v) is 7.30. The van der Waals surface area contributed by atoms with Gasteiger partial charge in [0.05, 0.1) is 10.7 Å². The van der Waals surface area contributed by atoms with Gasteiger partial charge in [0.25, 0.3) is 0 Å². The number of anilines is 1. The lowest BCUT2D eigenvalue weighted by molar-refractivity contribution is -0.120. The zero-order valence-corrected chi connectivity index (χ0v) is 22.4. The molecule has 2 heterocycles. The molecule has 1 saturated carbocycles. The summed E-state index contributed by atoms with van der Waals surface area (Å²) in [6, 6.07) is 5.11. The van der Waals surface area contributed by atoms with Gasteiger partial charge in [0.15, 0.2) is 11.3 Å². The van der Waals surface area contributed by atoms with Crippen LogP contribution in [0, 0.1) is 18.7 Å². The summed E-state index contributed by atoms with van der Waals surface area (Å²) in [5, 5.41) is 9.84. The molecule has 38 heavy (non-hydrogen) atoms. The van der Waals surface area contributed by atoms with Crippen molar-refractivity contribution in [2.45, 2.75) is 51.6 Å². The summed E-state index contributed by atoms with van der Waals surface area (Å²) in [6.45, 7) is 3.93. The van der Waals surface area contributed by atoms with Gasteiger partial charge in [-0.25, -0.2) is 23.5 Å². The van der Waals surface area contributed by atoms with E-state index in [2.05, 4.69) is 20.7 Å². The van der Waals surface area contributed by atoms with Gasteiger partial charge in [0.1, 0.15) is 5.82 Å². The minimum absolute atomic E-state index is 0.0229. The Kier molecular flexibility index (Phi) is 8.27. The normalized spacial score (nSPS) is 18.3. The molecule has 1 aromatic carbocycles. The number of esters is 1. The molecule has 12 heteroatoms. The molecule has 1 fully saturated rings. The van der Waals surface area contributed by atoms with Gasteiger partial charge in [0.2, 0.25) is 5.91 Å². The number of nitrogens with one attached hydrogen (secondary N) is 2. The molecular weight excluding hydrogens is 515 g/mol. The Bertz CT molecular complexity index is 1370. The molecule has 2 N–H and O–H groups in total. The molecule has 0 spiro atoms. The number of rotatable bonds is 6. The number of amides is 2. The molecule has 10 nitrogen and oxygen atoms in total. The number of aryl methyl sites for hydroxylation is 1. The summed E-state index contributed by atoms with van der Waals surface area (Å²) < 4.78 is 19.8. The van der Waals surface area contributed by atoms with Gasteiger partial charge in [-0.3, -0.25) is 4.79 Å². The van der Waals surface area contributed by atoms with Gasteiger partial charge in [-0.2, -0.15) is 5.10 Å². The maximum Gasteiger partial charge on any atom is 0.415 e. The van der Waals surface area contributed by atoms with E-state index in [0.717, 1.165) is 17.3 Å². The number of alkyl carbamates (subject to hydrolysis) is 1. The van der Waals surface area contributed by atoms with Crippen LogP contribution in [0.3, 0.4) is 0 Å². The average molecular weight is 545 g/mol. The molecule has 1 aliphatic rings. The Labute approximate surface area is 224 Å². The number of halogens is 2. The molecule has 202 valence electrons. The van der Waals surface area contributed by atoms with Crippen LogP contribution in [0.4, 0.5) is 14.9 Å². The first-order chi connectivity index (χ1) is 18.0. The van der Waals surface area contributed by atoms with E-state index in [9.17, 15) is 18.8 Å². The number of carbonyl (C=O) groups excluding carboxylic acids is 3. The van der Waals surface area contributed by atoms with Crippen LogP contribution in [-0.2, 0) is 9.53 Å². The Morgan fingerprint density at radius 2 is 1.89 bits per heavy atom. The van der Waals surface area contributed by atoms with Crippen LogP contribution >= 0.6 is 11.6 Å². The molecule has 2 aromatic heterocycles. The first-order valence-electron chi connectivity index (χ1n) is 12.3. The maximum atomic E-state index is 13.2. The van der Waals surface area contributed by atoms with Gasteiger partial charge in [-0.05, 0) is 71.8 Å². The highest BCUT2D eigenvalue weighted by Crippen LogP contribution is 2.28. The highest BCUT2D eigenvalue weighted by Gasteiger charge is 2.29. The summed E-state index contributed by atoms with van der Waals surface area (Å²) in [6.07, 6.45) is 2.99. The number of carbonyl (C=O) groups is 3. The van der Waals surface area contributed by atoms with Crippen LogP contribution in [0.15, 0.2) is 30.5 Å². The van der Waals surface area contributed by atoms with E-state index in [1.165, 1.54) is 18.2 Å². The fraction of sp³-hybridized carbons (Fsp3) is 0.423. The van der Waals surface area contributed by atoms with Crippen molar-refractivity contribution in [1.29, 1.82) is 0 Å². The van der Waals surface area contributed by atoms with Crippen LogP contribution in [0.1, 0.15) is 60.4 Å². The summed E-state index contributed by atoms with van der Waals surface area (Å²) in [5.41, 5.74) is 2.60. The topological polar surface area (TPSA) is 118 Å². The minimum Gasteiger partial charge on any atom is -0.371 e. The molecule has 3 aromatic rings.